The van der Waals surface area contributed by atoms with Crippen LogP contribution >= 0.6 is 11.3 Å². The topological polar surface area (TPSA) is 21.5 Å². The molecule has 0 saturated heterocycles. The maximum atomic E-state index is 10.4. The summed E-state index contributed by atoms with van der Waals surface area (Å²) in [4.78, 5) is 11.4. The molecule has 2 nitrogen and oxygen atoms in total. The Kier molecular flexibility index (Phi) is 1.11. The van der Waals surface area contributed by atoms with Gasteiger partial charge in [0, 0.05) is 17.8 Å². The van der Waals surface area contributed by atoms with Crippen LogP contribution in [0.2, 0.25) is 0 Å². The molecule has 0 fully saturated rings. The molecule has 2 rings (SSSR count). The summed E-state index contributed by atoms with van der Waals surface area (Å²) < 4.78 is 1.94. The van der Waals surface area contributed by atoms with E-state index < -0.39 is 0 Å². The summed E-state index contributed by atoms with van der Waals surface area (Å²) in [6.07, 6.45) is 4.70. The average molecular weight is 151 g/mol. The number of thiazole rings is 1. The summed E-state index contributed by atoms with van der Waals surface area (Å²) in [5.41, 5.74) is 0.773. The Morgan fingerprint density at radius 3 is 3.20 bits per heavy atom. The molecule has 0 saturated carbocycles. The Labute approximate surface area is 61.7 Å². The SMILES string of the molecule is O=Cc1ccn2ccsc12. The van der Waals surface area contributed by atoms with Gasteiger partial charge in [0.15, 0.2) is 6.29 Å². The first-order valence-electron chi connectivity index (χ1n) is 2.91. The molecule has 2 aromatic heterocycles. The number of nitrogens with zero attached hydrogens (tertiary/aromatic N) is 1. The Morgan fingerprint density at radius 1 is 1.50 bits per heavy atom. The van der Waals surface area contributed by atoms with Crippen molar-refractivity contribution in [2.24, 2.45) is 0 Å². The zero-order valence-corrected chi connectivity index (χ0v) is 5.97. The van der Waals surface area contributed by atoms with E-state index in [0.717, 1.165) is 16.7 Å². The van der Waals surface area contributed by atoms with Gasteiger partial charge in [0.1, 0.15) is 4.83 Å². The van der Waals surface area contributed by atoms with Crippen molar-refractivity contribution in [2.75, 3.05) is 0 Å². The standard InChI is InChI=1S/C7H5NOS/c9-5-6-1-2-8-3-4-10-7(6)8/h1-5H. The lowest BCUT2D eigenvalue weighted by Gasteiger charge is -1.78. The number of carbonyl (C=O) groups excluding carboxylic acids is 1. The largest absolute Gasteiger partial charge is 0.314 e. The summed E-state index contributed by atoms with van der Waals surface area (Å²) >= 11 is 1.58. The molecule has 0 radical (unpaired) electrons. The number of rotatable bonds is 1. The quantitative estimate of drug-likeness (QED) is 0.569. The Balaban J connectivity index is 2.88. The minimum atomic E-state index is 0.773. The number of hydrogen-bond donors (Lipinski definition) is 0. The molecular weight excluding hydrogens is 146 g/mol. The van der Waals surface area contributed by atoms with Crippen LogP contribution in [0.1, 0.15) is 10.4 Å². The van der Waals surface area contributed by atoms with Crippen molar-refractivity contribution in [3.8, 4) is 0 Å². The van der Waals surface area contributed by atoms with Crippen LogP contribution in [0, 0.1) is 0 Å². The van der Waals surface area contributed by atoms with E-state index in [2.05, 4.69) is 0 Å². The van der Waals surface area contributed by atoms with Crippen molar-refractivity contribution in [3.63, 3.8) is 0 Å². The van der Waals surface area contributed by atoms with Crippen LogP contribution in [0.3, 0.4) is 0 Å². The maximum absolute atomic E-state index is 10.4. The summed E-state index contributed by atoms with van der Waals surface area (Å²) in [6.45, 7) is 0. The van der Waals surface area contributed by atoms with Gasteiger partial charge >= 0.3 is 0 Å². The molecule has 0 atom stereocenters. The van der Waals surface area contributed by atoms with Crippen molar-refractivity contribution in [2.45, 2.75) is 0 Å². The second-order valence-corrected chi connectivity index (χ2v) is 2.90. The van der Waals surface area contributed by atoms with Crippen LogP contribution in [-0.2, 0) is 0 Å². The molecule has 0 bridgehead atoms. The molecule has 2 heterocycles. The first-order valence-corrected chi connectivity index (χ1v) is 3.79. The maximum Gasteiger partial charge on any atom is 0.153 e. The number of aromatic nitrogens is 1. The van der Waals surface area contributed by atoms with Gasteiger partial charge in [-0.15, -0.1) is 11.3 Å². The van der Waals surface area contributed by atoms with E-state index in [1.165, 1.54) is 0 Å². The lowest BCUT2D eigenvalue weighted by atomic mass is 10.4. The highest BCUT2D eigenvalue weighted by atomic mass is 32.1. The van der Waals surface area contributed by atoms with Crippen LogP contribution < -0.4 is 0 Å². The summed E-state index contributed by atoms with van der Waals surface area (Å²) in [5, 5.41) is 1.96. The molecule has 0 aliphatic carbocycles. The van der Waals surface area contributed by atoms with Crippen molar-refractivity contribution in [3.05, 3.63) is 29.4 Å². The van der Waals surface area contributed by atoms with Gasteiger partial charge in [-0.1, -0.05) is 0 Å². The normalized spacial score (nSPS) is 10.4. The van der Waals surface area contributed by atoms with Crippen molar-refractivity contribution in [1.82, 2.24) is 4.40 Å². The van der Waals surface area contributed by atoms with Crippen LogP contribution in [-0.4, -0.2) is 10.7 Å². The van der Waals surface area contributed by atoms with Crippen LogP contribution in [0.25, 0.3) is 4.83 Å². The number of fused-ring (bicyclic) bond motifs is 1. The predicted octanol–water partition coefficient (Wildman–Crippen LogP) is 1.81. The van der Waals surface area contributed by atoms with E-state index in [-0.39, 0.29) is 0 Å². The first kappa shape index (κ1) is 5.68. The fraction of sp³-hybridized carbons (Fsp3) is 0. The zero-order valence-electron chi connectivity index (χ0n) is 5.15. The molecular formula is C7H5NOS. The molecule has 0 aliphatic heterocycles. The van der Waals surface area contributed by atoms with Crippen molar-refractivity contribution < 1.29 is 4.79 Å². The third kappa shape index (κ3) is 0.609. The molecule has 0 unspecified atom stereocenters. The molecule has 3 heteroatoms. The average Bonchev–Trinajstić information content (AvgIpc) is 2.44. The molecule has 0 aliphatic rings. The van der Waals surface area contributed by atoms with Crippen LogP contribution in [0.15, 0.2) is 23.8 Å². The lowest BCUT2D eigenvalue weighted by Crippen LogP contribution is -1.72. The number of hydrogen-bond acceptors (Lipinski definition) is 2. The van der Waals surface area contributed by atoms with E-state index >= 15 is 0 Å². The highest BCUT2D eigenvalue weighted by Gasteiger charge is 1.99. The Morgan fingerprint density at radius 2 is 2.40 bits per heavy atom. The minimum Gasteiger partial charge on any atom is -0.314 e. The summed E-state index contributed by atoms with van der Waals surface area (Å²) in [6, 6.07) is 1.82. The van der Waals surface area contributed by atoms with Gasteiger partial charge in [-0.2, -0.15) is 0 Å². The van der Waals surface area contributed by atoms with Gasteiger partial charge in [0.05, 0.1) is 5.56 Å². The van der Waals surface area contributed by atoms with Gasteiger partial charge < -0.3 is 4.40 Å². The Hall–Kier alpha value is -1.09. The summed E-state index contributed by atoms with van der Waals surface area (Å²) in [7, 11) is 0. The highest BCUT2D eigenvalue weighted by molar-refractivity contribution is 7.15. The second kappa shape index (κ2) is 1.95. The van der Waals surface area contributed by atoms with E-state index in [1.54, 1.807) is 11.3 Å². The number of carbonyl (C=O) groups is 1. The minimum absolute atomic E-state index is 0.773. The second-order valence-electron chi connectivity index (χ2n) is 2.00. The summed E-state index contributed by atoms with van der Waals surface area (Å²) in [5.74, 6) is 0. The highest BCUT2D eigenvalue weighted by Crippen LogP contribution is 2.16. The fourth-order valence-electron chi connectivity index (χ4n) is 0.945. The molecule has 10 heavy (non-hydrogen) atoms. The van der Waals surface area contributed by atoms with Gasteiger partial charge in [-0.05, 0) is 6.07 Å². The van der Waals surface area contributed by atoms with E-state index in [9.17, 15) is 4.79 Å². The predicted molar refractivity (Wildman–Crippen MR) is 40.7 cm³/mol. The van der Waals surface area contributed by atoms with Crippen LogP contribution in [0.5, 0.6) is 0 Å². The Bertz CT molecular complexity index is 360. The van der Waals surface area contributed by atoms with E-state index in [1.807, 2.05) is 28.2 Å². The molecule has 0 aromatic carbocycles. The fourth-order valence-corrected chi connectivity index (χ4v) is 1.76. The molecule has 0 amide bonds. The van der Waals surface area contributed by atoms with Crippen molar-refractivity contribution >= 4 is 22.5 Å². The molecule has 50 valence electrons. The van der Waals surface area contributed by atoms with Gasteiger partial charge in [0.2, 0.25) is 0 Å². The van der Waals surface area contributed by atoms with E-state index in [4.69, 9.17) is 0 Å². The third-order valence-corrected chi connectivity index (χ3v) is 2.35. The number of aldehydes is 1. The van der Waals surface area contributed by atoms with Crippen molar-refractivity contribution in [1.29, 1.82) is 0 Å². The van der Waals surface area contributed by atoms with Gasteiger partial charge in [-0.25, -0.2) is 0 Å². The third-order valence-electron chi connectivity index (χ3n) is 1.42. The molecule has 2 aromatic rings. The molecule has 0 spiro atoms. The zero-order chi connectivity index (χ0) is 6.97. The van der Waals surface area contributed by atoms with Gasteiger partial charge in [0.25, 0.3) is 0 Å². The smallest absolute Gasteiger partial charge is 0.153 e. The lowest BCUT2D eigenvalue weighted by molar-refractivity contribution is 0.112. The van der Waals surface area contributed by atoms with Gasteiger partial charge in [-0.3, -0.25) is 4.79 Å². The van der Waals surface area contributed by atoms with Crippen LogP contribution in [0.4, 0.5) is 0 Å². The first-order chi connectivity index (χ1) is 4.92. The van der Waals surface area contributed by atoms with E-state index in [0.29, 0.717) is 0 Å². The monoisotopic (exact) mass is 151 g/mol. The molecule has 0 N–H and O–H groups in total.